The lowest BCUT2D eigenvalue weighted by atomic mass is 10.1. The molecule has 0 aliphatic rings. The number of carbonyl (C=O) groups is 1. The Morgan fingerprint density at radius 1 is 1.30 bits per heavy atom. The van der Waals surface area contributed by atoms with Crippen LogP contribution >= 0.6 is 11.6 Å². The third kappa shape index (κ3) is 3.09. The molecule has 0 fully saturated rings. The van der Waals surface area contributed by atoms with Crippen LogP contribution in [0.2, 0.25) is 5.02 Å². The number of nitrogens with zero attached hydrogens (tertiary/aromatic N) is 1. The molecule has 0 aliphatic heterocycles. The summed E-state index contributed by atoms with van der Waals surface area (Å²) in [6.07, 6.45) is -0.653. The maximum Gasteiger partial charge on any atom is 0.307 e. The molecule has 2 aromatic carbocycles. The number of anilines is 2. The molecule has 118 valence electrons. The van der Waals surface area contributed by atoms with Gasteiger partial charge in [0.2, 0.25) is 0 Å². The fraction of sp³-hybridized carbons (Fsp3) is 0.0667. The number of nitrogens with one attached hydrogen (secondary N) is 1. The van der Waals surface area contributed by atoms with E-state index in [4.69, 9.17) is 21.1 Å². The smallest absolute Gasteiger partial charge is 0.307 e. The number of halogens is 3. The fourth-order valence-electron chi connectivity index (χ4n) is 2.06. The van der Waals surface area contributed by atoms with Crippen LogP contribution in [0.4, 0.5) is 20.5 Å². The van der Waals surface area contributed by atoms with Crippen molar-refractivity contribution in [3.63, 3.8) is 0 Å². The normalized spacial score (nSPS) is 10.9. The monoisotopic (exact) mass is 338 g/mol. The Bertz CT molecular complexity index is 894. The van der Waals surface area contributed by atoms with Crippen molar-refractivity contribution in [2.24, 2.45) is 0 Å². The summed E-state index contributed by atoms with van der Waals surface area (Å²) in [6.45, 7) is 0. The zero-order valence-electron chi connectivity index (χ0n) is 11.4. The van der Waals surface area contributed by atoms with E-state index in [0.29, 0.717) is 10.7 Å². The third-order valence-electron chi connectivity index (χ3n) is 3.07. The Hall–Kier alpha value is -2.67. The zero-order valence-corrected chi connectivity index (χ0v) is 12.2. The molecule has 3 rings (SSSR count). The summed E-state index contributed by atoms with van der Waals surface area (Å²) in [5.74, 6) is -3.08. The molecular formula is C15H9ClF2N2O3. The number of rotatable bonds is 4. The highest BCUT2D eigenvalue weighted by Gasteiger charge is 2.20. The van der Waals surface area contributed by atoms with Crippen LogP contribution in [-0.4, -0.2) is 16.1 Å². The van der Waals surface area contributed by atoms with Gasteiger partial charge in [-0.3, -0.25) is 4.79 Å². The fourth-order valence-corrected chi connectivity index (χ4v) is 2.19. The van der Waals surface area contributed by atoms with Crippen molar-refractivity contribution in [1.82, 2.24) is 4.98 Å². The van der Waals surface area contributed by atoms with E-state index in [0.717, 1.165) is 6.07 Å². The molecule has 8 heteroatoms. The molecule has 0 amide bonds. The van der Waals surface area contributed by atoms with Crippen LogP contribution in [0.1, 0.15) is 5.56 Å². The first kappa shape index (κ1) is 15.2. The Labute approximate surface area is 133 Å². The largest absolute Gasteiger partial charge is 0.481 e. The number of fused-ring (bicyclic) bond motifs is 1. The second-order valence-corrected chi connectivity index (χ2v) is 5.17. The van der Waals surface area contributed by atoms with Gasteiger partial charge < -0.3 is 14.8 Å². The predicted octanol–water partition coefficient (Wildman–Crippen LogP) is 4.13. The molecule has 0 unspecified atom stereocenters. The standard InChI is InChI=1S/C15H9ClF2N2O3/c16-8-1-3-9(4-2-8)19-15-20-13-10(17)5-7(6-11(21)22)12(18)14(13)23-15/h1-5H,6H2,(H,19,20)(H,21,22). The molecule has 0 saturated heterocycles. The molecule has 0 atom stereocenters. The van der Waals surface area contributed by atoms with Gasteiger partial charge in [0.15, 0.2) is 22.7 Å². The minimum atomic E-state index is -1.28. The SMILES string of the molecule is O=C(O)Cc1cc(F)c2nc(Nc3ccc(Cl)cc3)oc2c1F. The number of hydrogen-bond donors (Lipinski definition) is 2. The van der Waals surface area contributed by atoms with Crippen molar-refractivity contribution in [1.29, 1.82) is 0 Å². The summed E-state index contributed by atoms with van der Waals surface area (Å²) >= 11 is 5.77. The summed E-state index contributed by atoms with van der Waals surface area (Å²) < 4.78 is 33.3. The van der Waals surface area contributed by atoms with Crippen molar-refractivity contribution in [3.05, 3.63) is 52.6 Å². The molecule has 1 aromatic heterocycles. The minimum absolute atomic E-state index is 0.118. The van der Waals surface area contributed by atoms with Crippen molar-refractivity contribution >= 4 is 40.4 Å². The molecule has 23 heavy (non-hydrogen) atoms. The van der Waals surface area contributed by atoms with Gasteiger partial charge in [0, 0.05) is 16.3 Å². The van der Waals surface area contributed by atoms with Crippen LogP contribution < -0.4 is 5.32 Å². The van der Waals surface area contributed by atoms with Crippen molar-refractivity contribution < 1.29 is 23.1 Å². The molecule has 0 spiro atoms. The van der Waals surface area contributed by atoms with Gasteiger partial charge in [0.25, 0.3) is 6.01 Å². The Morgan fingerprint density at radius 3 is 2.65 bits per heavy atom. The lowest BCUT2D eigenvalue weighted by Gasteiger charge is -2.01. The second-order valence-electron chi connectivity index (χ2n) is 4.73. The van der Waals surface area contributed by atoms with E-state index < -0.39 is 29.6 Å². The molecule has 1 heterocycles. The minimum Gasteiger partial charge on any atom is -0.481 e. The number of oxazole rings is 1. The summed E-state index contributed by atoms with van der Waals surface area (Å²) in [7, 11) is 0. The van der Waals surface area contributed by atoms with Gasteiger partial charge in [-0.2, -0.15) is 4.98 Å². The molecule has 0 aliphatic carbocycles. The Morgan fingerprint density at radius 2 is 2.00 bits per heavy atom. The van der Waals surface area contributed by atoms with Crippen LogP contribution in [-0.2, 0) is 11.2 Å². The molecule has 3 aromatic rings. The molecule has 0 radical (unpaired) electrons. The van der Waals surface area contributed by atoms with Crippen molar-refractivity contribution in [2.45, 2.75) is 6.42 Å². The van der Waals surface area contributed by atoms with Crippen LogP contribution in [0.15, 0.2) is 34.7 Å². The number of benzene rings is 2. The quantitative estimate of drug-likeness (QED) is 0.748. The van der Waals surface area contributed by atoms with Crippen LogP contribution in [0, 0.1) is 11.6 Å². The van der Waals surface area contributed by atoms with Gasteiger partial charge in [-0.25, -0.2) is 8.78 Å². The van der Waals surface area contributed by atoms with Crippen LogP contribution in [0.25, 0.3) is 11.1 Å². The van der Waals surface area contributed by atoms with Gasteiger partial charge in [0.1, 0.15) is 0 Å². The van der Waals surface area contributed by atoms with E-state index in [2.05, 4.69) is 10.3 Å². The van der Waals surface area contributed by atoms with E-state index in [9.17, 15) is 13.6 Å². The topological polar surface area (TPSA) is 75.4 Å². The molecule has 2 N–H and O–H groups in total. The third-order valence-corrected chi connectivity index (χ3v) is 3.32. The summed E-state index contributed by atoms with van der Waals surface area (Å²) in [4.78, 5) is 14.5. The molecular weight excluding hydrogens is 330 g/mol. The van der Waals surface area contributed by atoms with Gasteiger partial charge in [-0.05, 0) is 30.3 Å². The Balaban J connectivity index is 2.00. The lowest BCUT2D eigenvalue weighted by molar-refractivity contribution is -0.136. The summed E-state index contributed by atoms with van der Waals surface area (Å²) in [5.41, 5.74) is -0.491. The van der Waals surface area contributed by atoms with Crippen molar-refractivity contribution in [3.8, 4) is 0 Å². The Kier molecular flexibility index (Phi) is 3.87. The average Bonchev–Trinajstić information content (AvgIpc) is 2.91. The van der Waals surface area contributed by atoms with Crippen LogP contribution in [0.5, 0.6) is 0 Å². The number of carboxylic acid groups (broad SMARTS) is 1. The highest BCUT2D eigenvalue weighted by Crippen LogP contribution is 2.29. The lowest BCUT2D eigenvalue weighted by Crippen LogP contribution is -2.03. The predicted molar refractivity (Wildman–Crippen MR) is 80.0 cm³/mol. The summed E-state index contributed by atoms with van der Waals surface area (Å²) in [6, 6.07) is 7.21. The van der Waals surface area contributed by atoms with E-state index in [1.54, 1.807) is 24.3 Å². The highest BCUT2D eigenvalue weighted by molar-refractivity contribution is 6.30. The number of carboxylic acids is 1. The zero-order chi connectivity index (χ0) is 16.6. The first-order chi connectivity index (χ1) is 10.9. The second kappa shape index (κ2) is 5.85. The average molecular weight is 339 g/mol. The van der Waals surface area contributed by atoms with Gasteiger partial charge in [-0.1, -0.05) is 11.6 Å². The van der Waals surface area contributed by atoms with Crippen molar-refractivity contribution in [2.75, 3.05) is 5.32 Å². The molecule has 0 bridgehead atoms. The van der Waals surface area contributed by atoms with Gasteiger partial charge >= 0.3 is 5.97 Å². The van der Waals surface area contributed by atoms with Gasteiger partial charge in [0.05, 0.1) is 6.42 Å². The van der Waals surface area contributed by atoms with Crippen LogP contribution in [0.3, 0.4) is 0 Å². The van der Waals surface area contributed by atoms with E-state index >= 15 is 0 Å². The maximum absolute atomic E-state index is 14.2. The first-order valence-corrected chi connectivity index (χ1v) is 6.83. The summed E-state index contributed by atoms with van der Waals surface area (Å²) in [5, 5.41) is 12.0. The number of aromatic nitrogens is 1. The first-order valence-electron chi connectivity index (χ1n) is 6.46. The van der Waals surface area contributed by atoms with E-state index in [1.165, 1.54) is 0 Å². The molecule has 0 saturated carbocycles. The van der Waals surface area contributed by atoms with E-state index in [1.807, 2.05) is 0 Å². The number of aliphatic carboxylic acids is 1. The maximum atomic E-state index is 14.2. The van der Waals surface area contributed by atoms with E-state index in [-0.39, 0.29) is 17.1 Å². The highest BCUT2D eigenvalue weighted by atomic mass is 35.5. The van der Waals surface area contributed by atoms with Gasteiger partial charge in [-0.15, -0.1) is 0 Å². The molecule has 5 nitrogen and oxygen atoms in total. The number of hydrogen-bond acceptors (Lipinski definition) is 4.